The van der Waals surface area contributed by atoms with Crippen molar-refractivity contribution in [1.29, 1.82) is 0 Å². The molecule has 1 N–H and O–H groups in total. The Hall–Kier alpha value is -1.56. The van der Waals surface area contributed by atoms with E-state index in [1.807, 2.05) is 0 Å². The van der Waals surface area contributed by atoms with Crippen LogP contribution in [0.1, 0.15) is 42.5 Å². The van der Waals surface area contributed by atoms with E-state index in [-0.39, 0.29) is 18.6 Å². The Balaban J connectivity index is 1.94. The summed E-state index contributed by atoms with van der Waals surface area (Å²) in [5, 5.41) is 2.99. The van der Waals surface area contributed by atoms with Crippen molar-refractivity contribution in [2.45, 2.75) is 38.1 Å². The maximum atomic E-state index is 11.9. The summed E-state index contributed by atoms with van der Waals surface area (Å²) in [5.41, 5.74) is 0.468. The number of nitrogens with one attached hydrogen (secondary N) is 1. The van der Waals surface area contributed by atoms with E-state index in [1.54, 1.807) is 12.1 Å². The topological polar surface area (TPSA) is 64.6 Å². The van der Waals surface area contributed by atoms with Gasteiger partial charge in [0.2, 0.25) is 0 Å². The Morgan fingerprint density at radius 1 is 1.32 bits per heavy atom. The molecule has 22 heavy (non-hydrogen) atoms. The van der Waals surface area contributed by atoms with Crippen LogP contribution >= 0.6 is 15.9 Å². The molecular formula is C16H20BrNO4. The Morgan fingerprint density at radius 2 is 2.05 bits per heavy atom. The van der Waals surface area contributed by atoms with Crippen LogP contribution in [0.15, 0.2) is 16.6 Å². The summed E-state index contributed by atoms with van der Waals surface area (Å²) < 4.78 is 11.3. The Morgan fingerprint density at radius 3 is 2.68 bits per heavy atom. The number of methoxy groups -OCH3 is 1. The number of ether oxygens (including phenoxy) is 2. The number of aldehydes is 1. The fourth-order valence-electron chi connectivity index (χ4n) is 2.57. The molecule has 1 fully saturated rings. The average molecular weight is 370 g/mol. The highest BCUT2D eigenvalue weighted by molar-refractivity contribution is 9.10. The van der Waals surface area contributed by atoms with Gasteiger partial charge in [-0.05, 0) is 40.9 Å². The lowest BCUT2D eigenvalue weighted by atomic mass is 9.95. The molecule has 6 heteroatoms. The second-order valence-corrected chi connectivity index (χ2v) is 6.19. The highest BCUT2D eigenvalue weighted by Gasteiger charge is 2.17. The van der Waals surface area contributed by atoms with Crippen LogP contribution in [0.4, 0.5) is 0 Å². The molecule has 0 aromatic heterocycles. The highest BCUT2D eigenvalue weighted by Crippen LogP contribution is 2.32. The molecule has 5 nitrogen and oxygen atoms in total. The summed E-state index contributed by atoms with van der Waals surface area (Å²) in [6.07, 6.45) is 6.38. The number of rotatable bonds is 6. The van der Waals surface area contributed by atoms with Gasteiger partial charge in [-0.25, -0.2) is 0 Å². The summed E-state index contributed by atoms with van der Waals surface area (Å²) in [6, 6.07) is 3.47. The van der Waals surface area contributed by atoms with Crippen molar-refractivity contribution in [3.8, 4) is 11.5 Å². The number of benzene rings is 1. The lowest BCUT2D eigenvalue weighted by Crippen LogP contribution is -2.39. The number of carbonyl (C=O) groups is 2. The fourth-order valence-corrected chi connectivity index (χ4v) is 2.99. The van der Waals surface area contributed by atoms with Gasteiger partial charge in [0, 0.05) is 16.1 Å². The lowest BCUT2D eigenvalue weighted by Gasteiger charge is -2.22. The van der Waals surface area contributed by atoms with E-state index in [1.165, 1.54) is 26.4 Å². The van der Waals surface area contributed by atoms with Gasteiger partial charge in [-0.1, -0.05) is 19.3 Å². The van der Waals surface area contributed by atoms with Crippen molar-refractivity contribution < 1.29 is 19.1 Å². The average Bonchev–Trinajstić information content (AvgIpc) is 2.54. The zero-order valence-electron chi connectivity index (χ0n) is 12.6. The first-order valence-electron chi connectivity index (χ1n) is 7.39. The second-order valence-electron chi connectivity index (χ2n) is 5.33. The third-order valence-corrected chi connectivity index (χ3v) is 4.43. The first kappa shape index (κ1) is 16.8. The van der Waals surface area contributed by atoms with Gasteiger partial charge in [0.15, 0.2) is 24.4 Å². The van der Waals surface area contributed by atoms with Crippen molar-refractivity contribution in [2.75, 3.05) is 13.7 Å². The Kier molecular flexibility index (Phi) is 6.24. The predicted molar refractivity (Wildman–Crippen MR) is 86.6 cm³/mol. The first-order chi connectivity index (χ1) is 10.6. The Labute approximate surface area is 138 Å². The van der Waals surface area contributed by atoms with Crippen molar-refractivity contribution >= 4 is 28.1 Å². The molecule has 1 aliphatic rings. The van der Waals surface area contributed by atoms with Crippen molar-refractivity contribution in [3.63, 3.8) is 0 Å². The van der Waals surface area contributed by atoms with Crippen LogP contribution in [0.25, 0.3) is 0 Å². The minimum absolute atomic E-state index is 0.0697. The van der Waals surface area contributed by atoms with Gasteiger partial charge in [-0.3, -0.25) is 9.59 Å². The molecule has 0 atom stereocenters. The van der Waals surface area contributed by atoms with Crippen LogP contribution in [-0.4, -0.2) is 32.0 Å². The van der Waals surface area contributed by atoms with Crippen LogP contribution in [0.3, 0.4) is 0 Å². The minimum Gasteiger partial charge on any atom is -0.493 e. The lowest BCUT2D eigenvalue weighted by molar-refractivity contribution is -0.124. The van der Waals surface area contributed by atoms with Crippen molar-refractivity contribution in [2.24, 2.45) is 0 Å². The van der Waals surface area contributed by atoms with Crippen LogP contribution in [0.5, 0.6) is 11.5 Å². The van der Waals surface area contributed by atoms with E-state index >= 15 is 0 Å². The normalized spacial score (nSPS) is 15.2. The largest absolute Gasteiger partial charge is 0.493 e. The van der Waals surface area contributed by atoms with Gasteiger partial charge in [0.05, 0.1) is 7.11 Å². The zero-order chi connectivity index (χ0) is 15.9. The van der Waals surface area contributed by atoms with Gasteiger partial charge in [0.25, 0.3) is 5.91 Å². The van der Waals surface area contributed by atoms with E-state index < -0.39 is 0 Å². The monoisotopic (exact) mass is 369 g/mol. The van der Waals surface area contributed by atoms with Crippen molar-refractivity contribution in [1.82, 2.24) is 5.32 Å². The van der Waals surface area contributed by atoms with Crippen LogP contribution in [0, 0.1) is 0 Å². The third-order valence-electron chi connectivity index (χ3n) is 3.74. The molecule has 0 bridgehead atoms. The van der Waals surface area contributed by atoms with Gasteiger partial charge in [-0.2, -0.15) is 0 Å². The molecule has 0 radical (unpaired) electrons. The van der Waals surface area contributed by atoms with Crippen LogP contribution < -0.4 is 14.8 Å². The fraction of sp³-hybridized carbons (Fsp3) is 0.500. The van der Waals surface area contributed by atoms with Crippen molar-refractivity contribution in [3.05, 3.63) is 22.2 Å². The van der Waals surface area contributed by atoms with Gasteiger partial charge < -0.3 is 14.8 Å². The molecule has 0 aliphatic heterocycles. The Bertz CT molecular complexity index is 541. The smallest absolute Gasteiger partial charge is 0.258 e. The molecule has 0 saturated heterocycles. The summed E-state index contributed by atoms with van der Waals surface area (Å²) in [7, 11) is 1.49. The van der Waals surface area contributed by atoms with E-state index in [4.69, 9.17) is 9.47 Å². The minimum atomic E-state index is -0.135. The number of hydrogen-bond acceptors (Lipinski definition) is 4. The highest BCUT2D eigenvalue weighted by atomic mass is 79.9. The predicted octanol–water partition coefficient (Wildman–Crippen LogP) is 3.10. The molecule has 1 aromatic rings. The molecular weight excluding hydrogens is 350 g/mol. The van der Waals surface area contributed by atoms with E-state index in [9.17, 15) is 9.59 Å². The molecule has 1 saturated carbocycles. The summed E-state index contributed by atoms with van der Waals surface area (Å²) >= 11 is 3.29. The molecule has 120 valence electrons. The molecule has 1 amide bonds. The van der Waals surface area contributed by atoms with E-state index in [0.717, 1.165) is 19.1 Å². The number of carbonyl (C=O) groups excluding carboxylic acids is 2. The molecule has 0 heterocycles. The quantitative estimate of drug-likeness (QED) is 0.782. The molecule has 0 unspecified atom stereocenters. The molecule has 1 aliphatic carbocycles. The molecule has 2 rings (SSSR count). The molecule has 1 aromatic carbocycles. The molecule has 0 spiro atoms. The number of amides is 1. The standard InChI is InChI=1S/C16H20BrNO4/c1-21-14-7-11(9-19)13(17)8-15(14)22-10-16(20)18-12-5-3-2-4-6-12/h7-9,12H,2-6,10H2,1H3,(H,18,20). The maximum absolute atomic E-state index is 11.9. The van der Waals surface area contributed by atoms with Crippen LogP contribution in [-0.2, 0) is 4.79 Å². The zero-order valence-corrected chi connectivity index (χ0v) is 14.1. The second kappa shape index (κ2) is 8.17. The maximum Gasteiger partial charge on any atom is 0.258 e. The van der Waals surface area contributed by atoms with Gasteiger partial charge in [0.1, 0.15) is 0 Å². The summed E-state index contributed by atoms with van der Waals surface area (Å²) in [4.78, 5) is 22.9. The summed E-state index contributed by atoms with van der Waals surface area (Å²) in [5.74, 6) is 0.721. The van der Waals surface area contributed by atoms with E-state index in [2.05, 4.69) is 21.2 Å². The third kappa shape index (κ3) is 4.47. The SMILES string of the molecule is COc1cc(C=O)c(Br)cc1OCC(=O)NC1CCCCC1. The van der Waals surface area contributed by atoms with E-state index in [0.29, 0.717) is 21.5 Å². The number of halogens is 1. The first-order valence-corrected chi connectivity index (χ1v) is 8.18. The number of hydrogen-bond donors (Lipinski definition) is 1. The van der Waals surface area contributed by atoms with Crippen LogP contribution in [0.2, 0.25) is 0 Å². The van der Waals surface area contributed by atoms with Gasteiger partial charge >= 0.3 is 0 Å². The van der Waals surface area contributed by atoms with Gasteiger partial charge in [-0.15, -0.1) is 0 Å². The summed E-state index contributed by atoms with van der Waals surface area (Å²) in [6.45, 7) is -0.0697.